The molecule has 6 heteroatoms. The van der Waals surface area contributed by atoms with Gasteiger partial charge < -0.3 is 9.64 Å². The van der Waals surface area contributed by atoms with E-state index in [2.05, 4.69) is 0 Å². The first-order chi connectivity index (χ1) is 11.4. The minimum Gasteiger partial charge on any atom is -0.488 e. The minimum atomic E-state index is -3.18. The third kappa shape index (κ3) is 3.34. The highest BCUT2D eigenvalue weighted by Gasteiger charge is 2.37. The van der Waals surface area contributed by atoms with Crippen LogP contribution in [0.5, 0.6) is 5.75 Å². The third-order valence-electron chi connectivity index (χ3n) is 4.94. The molecule has 1 heterocycles. The molecule has 0 aromatic heterocycles. The average Bonchev–Trinajstić information content (AvgIpc) is 2.59. The third-order valence-corrected chi connectivity index (χ3v) is 6.59. The zero-order valence-corrected chi connectivity index (χ0v) is 14.9. The van der Waals surface area contributed by atoms with Gasteiger partial charge in [0.2, 0.25) is 0 Å². The van der Waals surface area contributed by atoms with E-state index in [1.165, 1.54) is 6.26 Å². The molecule has 2 aliphatic rings. The highest BCUT2D eigenvalue weighted by molar-refractivity contribution is 7.91. The number of carbonyl (C=O) groups excluding carboxylic acids is 1. The number of hydrogen-bond acceptors (Lipinski definition) is 4. The fraction of sp³-hybridized carbons (Fsp3) is 0.500. The van der Waals surface area contributed by atoms with Crippen molar-refractivity contribution in [2.24, 2.45) is 0 Å². The van der Waals surface area contributed by atoms with Crippen LogP contribution in [0.1, 0.15) is 31.2 Å². The van der Waals surface area contributed by atoms with Crippen LogP contribution < -0.4 is 4.74 Å². The van der Waals surface area contributed by atoms with Crippen LogP contribution in [-0.4, -0.2) is 50.4 Å². The molecule has 24 heavy (non-hydrogen) atoms. The lowest BCUT2D eigenvalue weighted by Crippen LogP contribution is -2.50. The topological polar surface area (TPSA) is 63.7 Å². The molecule has 0 saturated heterocycles. The second-order valence-corrected chi connectivity index (χ2v) is 8.90. The quantitative estimate of drug-likeness (QED) is 0.840. The molecule has 3 rings (SSSR count). The van der Waals surface area contributed by atoms with Crippen molar-refractivity contribution >= 4 is 21.8 Å². The molecule has 1 aromatic rings. The Morgan fingerprint density at radius 3 is 2.67 bits per heavy atom. The molecule has 2 atom stereocenters. The average molecular weight is 349 g/mol. The minimum absolute atomic E-state index is 0.148. The molecule has 1 aromatic carbocycles. The highest BCUT2D eigenvalue weighted by Crippen LogP contribution is 2.30. The Kier molecular flexibility index (Phi) is 4.67. The van der Waals surface area contributed by atoms with E-state index in [4.69, 9.17) is 4.74 Å². The van der Waals surface area contributed by atoms with E-state index in [9.17, 15) is 13.2 Å². The first-order valence-corrected chi connectivity index (χ1v) is 10.2. The maximum Gasteiger partial charge on any atom is 0.253 e. The van der Waals surface area contributed by atoms with Gasteiger partial charge in [-0.1, -0.05) is 31.0 Å². The Morgan fingerprint density at radius 2 is 1.92 bits per heavy atom. The van der Waals surface area contributed by atoms with Crippen LogP contribution in [0.15, 0.2) is 29.8 Å². The lowest BCUT2D eigenvalue weighted by Gasteiger charge is -2.37. The van der Waals surface area contributed by atoms with Gasteiger partial charge in [-0.15, -0.1) is 0 Å². The molecular weight excluding hydrogens is 326 g/mol. The Hall–Kier alpha value is -1.82. The summed E-state index contributed by atoms with van der Waals surface area (Å²) < 4.78 is 29.8. The van der Waals surface area contributed by atoms with Crippen molar-refractivity contribution in [2.45, 2.75) is 37.0 Å². The van der Waals surface area contributed by atoms with Gasteiger partial charge in [0, 0.05) is 24.9 Å². The van der Waals surface area contributed by atoms with Gasteiger partial charge in [-0.05, 0) is 25.0 Å². The van der Waals surface area contributed by atoms with Gasteiger partial charge in [0.15, 0.2) is 9.84 Å². The zero-order chi connectivity index (χ0) is 17.3. The van der Waals surface area contributed by atoms with Crippen molar-refractivity contribution in [1.82, 2.24) is 4.90 Å². The summed E-state index contributed by atoms with van der Waals surface area (Å²) in [6.07, 6.45) is 6.32. The summed E-state index contributed by atoms with van der Waals surface area (Å²) >= 11 is 0. The number of likely N-dealkylation sites (N-methyl/N-ethyl adjacent to an activating group) is 1. The van der Waals surface area contributed by atoms with E-state index in [-0.39, 0.29) is 18.6 Å². The first kappa shape index (κ1) is 17.0. The monoisotopic (exact) mass is 349 g/mol. The molecule has 0 spiro atoms. The molecule has 1 amide bonds. The molecule has 0 N–H and O–H groups in total. The van der Waals surface area contributed by atoms with Gasteiger partial charge in [0.05, 0.1) is 10.8 Å². The van der Waals surface area contributed by atoms with Crippen LogP contribution in [0, 0.1) is 0 Å². The summed E-state index contributed by atoms with van der Waals surface area (Å²) in [5.41, 5.74) is 1.44. The molecule has 1 fully saturated rings. The van der Waals surface area contributed by atoms with Gasteiger partial charge in [0.25, 0.3) is 5.91 Å². The van der Waals surface area contributed by atoms with Crippen LogP contribution >= 0.6 is 0 Å². The Labute approximate surface area is 143 Å². The Balaban J connectivity index is 1.83. The molecule has 0 radical (unpaired) electrons. The Bertz CT molecular complexity index is 769. The SMILES string of the molecule is CN(C(=O)C1=Cc2ccccc2OC1)[C@H]1CCCC[C@H]1S(C)(=O)=O. The second-order valence-electron chi connectivity index (χ2n) is 6.63. The second kappa shape index (κ2) is 6.59. The summed E-state index contributed by atoms with van der Waals surface area (Å²) in [6.45, 7) is 0.219. The van der Waals surface area contributed by atoms with Crippen molar-refractivity contribution in [3.8, 4) is 5.75 Å². The predicted molar refractivity (Wildman–Crippen MR) is 93.6 cm³/mol. The van der Waals surface area contributed by atoms with Crippen LogP contribution in [0.3, 0.4) is 0 Å². The number of amides is 1. The van der Waals surface area contributed by atoms with Crippen molar-refractivity contribution in [2.75, 3.05) is 19.9 Å². The van der Waals surface area contributed by atoms with E-state index in [1.54, 1.807) is 11.9 Å². The van der Waals surface area contributed by atoms with Crippen LogP contribution in [-0.2, 0) is 14.6 Å². The molecule has 5 nitrogen and oxygen atoms in total. The molecule has 0 bridgehead atoms. The highest BCUT2D eigenvalue weighted by atomic mass is 32.2. The summed E-state index contributed by atoms with van der Waals surface area (Å²) in [6, 6.07) is 7.31. The van der Waals surface area contributed by atoms with Crippen LogP contribution in [0.2, 0.25) is 0 Å². The van der Waals surface area contributed by atoms with E-state index in [0.29, 0.717) is 12.0 Å². The Morgan fingerprint density at radius 1 is 1.21 bits per heavy atom. The van der Waals surface area contributed by atoms with Gasteiger partial charge in [0.1, 0.15) is 12.4 Å². The van der Waals surface area contributed by atoms with Crippen molar-refractivity contribution in [3.05, 3.63) is 35.4 Å². The first-order valence-electron chi connectivity index (χ1n) is 8.26. The molecule has 1 aliphatic carbocycles. The fourth-order valence-electron chi connectivity index (χ4n) is 3.64. The molecule has 0 unspecified atom stereocenters. The number of rotatable bonds is 3. The van der Waals surface area contributed by atoms with E-state index in [0.717, 1.165) is 30.6 Å². The van der Waals surface area contributed by atoms with Gasteiger partial charge in [-0.25, -0.2) is 8.42 Å². The number of benzene rings is 1. The van der Waals surface area contributed by atoms with Gasteiger partial charge >= 0.3 is 0 Å². The number of sulfone groups is 1. The molecule has 1 aliphatic heterocycles. The van der Waals surface area contributed by atoms with Crippen molar-refractivity contribution in [3.63, 3.8) is 0 Å². The standard InChI is InChI=1S/C18H23NO4S/c1-19(15-8-4-6-10-17(15)24(2,21)22)18(20)14-11-13-7-3-5-9-16(13)23-12-14/h3,5,7,9,11,15,17H,4,6,8,10,12H2,1-2H3/t15-,17+/m0/s1. The predicted octanol–water partition coefficient (Wildman–Crippen LogP) is 2.28. The molecule has 130 valence electrons. The molecule has 1 saturated carbocycles. The number of carbonyl (C=O) groups is 1. The smallest absolute Gasteiger partial charge is 0.253 e. The van der Waals surface area contributed by atoms with Gasteiger partial charge in [-0.2, -0.15) is 0 Å². The fourth-order valence-corrected chi connectivity index (χ4v) is 5.12. The van der Waals surface area contributed by atoms with Crippen LogP contribution in [0.4, 0.5) is 0 Å². The number of nitrogens with zero attached hydrogens (tertiary/aromatic N) is 1. The van der Waals surface area contributed by atoms with Crippen LogP contribution in [0.25, 0.3) is 6.08 Å². The maximum atomic E-state index is 12.9. The lowest BCUT2D eigenvalue weighted by atomic mass is 9.93. The van der Waals surface area contributed by atoms with E-state index in [1.807, 2.05) is 30.3 Å². The number of para-hydroxylation sites is 1. The number of ether oxygens (including phenoxy) is 1. The lowest BCUT2D eigenvalue weighted by molar-refractivity contribution is -0.128. The summed E-state index contributed by atoms with van der Waals surface area (Å²) in [5, 5.41) is -0.474. The normalized spacial score (nSPS) is 23.7. The zero-order valence-electron chi connectivity index (χ0n) is 14.1. The number of fused-ring (bicyclic) bond motifs is 1. The molecular formula is C18H23NO4S. The van der Waals surface area contributed by atoms with Gasteiger partial charge in [-0.3, -0.25) is 4.79 Å². The van der Waals surface area contributed by atoms with E-state index < -0.39 is 15.1 Å². The van der Waals surface area contributed by atoms with Crippen molar-refractivity contribution < 1.29 is 17.9 Å². The van der Waals surface area contributed by atoms with Crippen molar-refractivity contribution in [1.29, 1.82) is 0 Å². The summed E-state index contributed by atoms with van der Waals surface area (Å²) in [5.74, 6) is 0.619. The summed E-state index contributed by atoms with van der Waals surface area (Å²) in [4.78, 5) is 14.5. The maximum absolute atomic E-state index is 12.9. The largest absolute Gasteiger partial charge is 0.488 e. The summed E-state index contributed by atoms with van der Waals surface area (Å²) in [7, 11) is -1.47. The van der Waals surface area contributed by atoms with E-state index >= 15 is 0 Å². The number of hydrogen-bond donors (Lipinski definition) is 0.